The molecule has 0 aliphatic rings. The highest BCUT2D eigenvalue weighted by Gasteiger charge is 2.35. The first-order chi connectivity index (χ1) is 19.6. The SMILES string of the molecule is C[C@@](C#N)(COc1cc(Cl)ccc1Oc1ccc(Cl)cc1Cl)NC(=O)c1c(SF)c(SF)c(SF)c(SF)c1SF. The van der Waals surface area contributed by atoms with Gasteiger partial charge >= 0.3 is 0 Å². The van der Waals surface area contributed by atoms with Crippen molar-refractivity contribution in [2.75, 3.05) is 6.61 Å². The first-order valence-electron chi connectivity index (χ1n) is 10.5. The number of carbonyl (C=O) groups is 1. The average Bonchev–Trinajstić information content (AvgIpc) is 2.96. The lowest BCUT2D eigenvalue weighted by Gasteiger charge is -2.25. The summed E-state index contributed by atoms with van der Waals surface area (Å²) in [6.07, 6.45) is 0. The normalized spacial score (nSPS) is 12.4. The number of amides is 1. The fourth-order valence-corrected chi connectivity index (χ4v) is 6.73. The molecule has 0 heterocycles. The van der Waals surface area contributed by atoms with Crippen LogP contribution in [0.25, 0.3) is 0 Å². The largest absolute Gasteiger partial charge is 0.486 e. The molecule has 1 atom stereocenters. The first-order valence-corrected chi connectivity index (χ1v) is 15.2. The minimum absolute atomic E-state index is 0.0239. The van der Waals surface area contributed by atoms with Crippen LogP contribution in [0.4, 0.5) is 19.4 Å². The Labute approximate surface area is 268 Å². The van der Waals surface area contributed by atoms with Gasteiger partial charge in [0.2, 0.25) is 0 Å². The van der Waals surface area contributed by atoms with E-state index in [4.69, 9.17) is 44.3 Å². The molecule has 1 amide bonds. The summed E-state index contributed by atoms with van der Waals surface area (Å²) < 4.78 is 80.2. The number of nitrogens with zero attached hydrogens (tertiary/aromatic N) is 1. The van der Waals surface area contributed by atoms with Gasteiger partial charge in [0, 0.05) is 16.1 Å². The Morgan fingerprint density at radius 1 is 0.829 bits per heavy atom. The molecule has 0 saturated carbocycles. The highest BCUT2D eigenvalue weighted by Crippen LogP contribution is 2.52. The Bertz CT molecular complexity index is 1470. The molecule has 18 heteroatoms. The summed E-state index contributed by atoms with van der Waals surface area (Å²) >= 11 is 14.9. The zero-order valence-electron chi connectivity index (χ0n) is 19.9. The number of rotatable bonds is 12. The maximum absolute atomic E-state index is 13.9. The second-order valence-corrected chi connectivity index (χ2v) is 12.0. The van der Waals surface area contributed by atoms with Crippen molar-refractivity contribution in [3.05, 3.63) is 57.0 Å². The van der Waals surface area contributed by atoms with Crippen LogP contribution in [0.15, 0.2) is 60.9 Å². The number of ether oxygens (including phenoxy) is 2. The van der Waals surface area contributed by atoms with Crippen LogP contribution in [0.3, 0.4) is 0 Å². The molecular weight excluding hydrogens is 714 g/mol. The summed E-state index contributed by atoms with van der Waals surface area (Å²) in [5.41, 5.74) is -2.72. The standard InChI is InChI=1S/C23H12Cl3F5N2O3S5/c1-23(8-32,9-35-15-7-11(25)3-5-14(15)36-13-4-2-10(24)6-12(13)26)33-22(34)16-17(37-27)19(39-29)21(41-31)20(40-30)18(16)38-28/h2-7H,9H2,1H3,(H,33,34)/t23-/m1/s1. The maximum Gasteiger partial charge on any atom is 0.255 e. The molecule has 0 spiro atoms. The summed E-state index contributed by atoms with van der Waals surface area (Å²) in [4.78, 5) is 9.33. The lowest BCUT2D eigenvalue weighted by Crippen LogP contribution is -2.49. The Balaban J connectivity index is 1.94. The quantitative estimate of drug-likeness (QED) is 0.184. The lowest BCUT2D eigenvalue weighted by molar-refractivity contribution is 0.0893. The van der Waals surface area contributed by atoms with Crippen LogP contribution in [-0.2, 0) is 0 Å². The van der Waals surface area contributed by atoms with Gasteiger partial charge in [-0.05, 0) is 37.3 Å². The van der Waals surface area contributed by atoms with Gasteiger partial charge < -0.3 is 14.8 Å². The van der Waals surface area contributed by atoms with E-state index in [0.29, 0.717) is 5.02 Å². The van der Waals surface area contributed by atoms with Crippen LogP contribution in [-0.4, -0.2) is 18.1 Å². The van der Waals surface area contributed by atoms with Gasteiger partial charge in [0.15, 0.2) is 17.0 Å². The van der Waals surface area contributed by atoms with Gasteiger partial charge in [-0.15, -0.1) is 0 Å². The molecule has 3 aromatic carbocycles. The molecule has 0 bridgehead atoms. The number of hydrogen-bond donors (Lipinski definition) is 1. The first kappa shape index (κ1) is 34.0. The van der Waals surface area contributed by atoms with Crippen molar-refractivity contribution in [3.8, 4) is 23.3 Å². The van der Waals surface area contributed by atoms with Crippen LogP contribution < -0.4 is 14.8 Å². The third kappa shape index (κ3) is 7.91. The van der Waals surface area contributed by atoms with Crippen molar-refractivity contribution in [2.45, 2.75) is 36.9 Å². The molecule has 218 valence electrons. The zero-order chi connectivity index (χ0) is 30.3. The molecular formula is C23H12Cl3F5N2O3S5. The third-order valence-electron chi connectivity index (χ3n) is 5.06. The Morgan fingerprint density at radius 2 is 1.32 bits per heavy atom. The summed E-state index contributed by atoms with van der Waals surface area (Å²) in [6, 6.07) is 10.6. The molecule has 0 saturated heterocycles. The maximum atomic E-state index is 13.9. The summed E-state index contributed by atoms with van der Waals surface area (Å²) in [7, 11) is 0. The van der Waals surface area contributed by atoms with Gasteiger partial charge in [-0.25, -0.2) is 0 Å². The molecule has 3 rings (SSSR count). The molecule has 0 radical (unpaired) electrons. The Kier molecular flexibility index (Phi) is 12.7. The highest BCUT2D eigenvalue weighted by atomic mass is 35.5. The molecule has 41 heavy (non-hydrogen) atoms. The van der Waals surface area contributed by atoms with Crippen molar-refractivity contribution >= 4 is 101 Å². The lowest BCUT2D eigenvalue weighted by atomic mass is 10.0. The number of hydrogen-bond acceptors (Lipinski definition) is 9. The summed E-state index contributed by atoms with van der Waals surface area (Å²) in [5.74, 6) is -0.929. The highest BCUT2D eigenvalue weighted by molar-refractivity contribution is 8.00. The van der Waals surface area contributed by atoms with Crippen LogP contribution in [0.2, 0.25) is 15.1 Å². The fourth-order valence-electron chi connectivity index (χ4n) is 3.19. The molecule has 5 nitrogen and oxygen atoms in total. The van der Waals surface area contributed by atoms with Gasteiger partial charge in [-0.2, -0.15) is 24.7 Å². The number of nitriles is 1. The van der Waals surface area contributed by atoms with Gasteiger partial charge in [0.25, 0.3) is 5.91 Å². The van der Waals surface area contributed by atoms with Gasteiger partial charge in [-0.1, -0.05) is 34.8 Å². The van der Waals surface area contributed by atoms with Crippen molar-refractivity contribution in [3.63, 3.8) is 0 Å². The number of nitrogens with one attached hydrogen (secondary N) is 1. The topological polar surface area (TPSA) is 71.3 Å². The summed E-state index contributed by atoms with van der Waals surface area (Å²) in [6.45, 7) is 0.655. The van der Waals surface area contributed by atoms with E-state index in [9.17, 15) is 29.5 Å². The smallest absolute Gasteiger partial charge is 0.255 e. The van der Waals surface area contributed by atoms with Crippen molar-refractivity contribution in [1.82, 2.24) is 5.32 Å². The van der Waals surface area contributed by atoms with E-state index in [1.807, 2.05) is 6.07 Å². The van der Waals surface area contributed by atoms with E-state index in [2.05, 4.69) is 5.32 Å². The van der Waals surface area contributed by atoms with Gasteiger partial charge in [0.1, 0.15) is 12.4 Å². The number of halogens is 8. The minimum Gasteiger partial charge on any atom is -0.486 e. The van der Waals surface area contributed by atoms with Crippen molar-refractivity contribution in [1.29, 1.82) is 5.26 Å². The number of benzene rings is 3. The fraction of sp³-hybridized carbons (Fsp3) is 0.130. The monoisotopic (exact) mass is 724 g/mol. The van der Waals surface area contributed by atoms with Gasteiger partial charge in [0.05, 0.1) is 102 Å². The molecule has 0 aromatic heterocycles. The van der Waals surface area contributed by atoms with E-state index in [1.54, 1.807) is 0 Å². The van der Waals surface area contributed by atoms with Gasteiger partial charge in [-0.3, -0.25) is 4.79 Å². The molecule has 3 aromatic rings. The second kappa shape index (κ2) is 15.3. The van der Waals surface area contributed by atoms with Crippen LogP contribution in [0.5, 0.6) is 17.2 Å². The summed E-state index contributed by atoms with van der Waals surface area (Å²) in [5, 5.41) is 12.9. The molecule has 0 aliphatic heterocycles. The molecule has 0 aliphatic carbocycles. The molecule has 0 fully saturated rings. The van der Waals surface area contributed by atoms with E-state index in [-0.39, 0.29) is 27.3 Å². The predicted molar refractivity (Wildman–Crippen MR) is 156 cm³/mol. The van der Waals surface area contributed by atoms with Crippen LogP contribution in [0, 0.1) is 11.3 Å². The van der Waals surface area contributed by atoms with E-state index in [0.717, 1.165) is 0 Å². The molecule has 0 unspecified atom stereocenters. The minimum atomic E-state index is -1.88. The van der Waals surface area contributed by atoms with Crippen molar-refractivity contribution in [2.24, 2.45) is 0 Å². The van der Waals surface area contributed by atoms with E-state index < -0.39 is 109 Å². The predicted octanol–water partition coefficient (Wildman–Crippen LogP) is 11.4. The van der Waals surface area contributed by atoms with E-state index >= 15 is 0 Å². The van der Waals surface area contributed by atoms with E-state index in [1.165, 1.54) is 43.3 Å². The zero-order valence-corrected chi connectivity index (χ0v) is 26.3. The number of carbonyl (C=O) groups excluding carboxylic acids is 1. The second-order valence-electron chi connectivity index (χ2n) is 7.86. The van der Waals surface area contributed by atoms with Crippen LogP contribution >= 0.6 is 95.5 Å². The Hall–Kier alpha value is -1.51. The Morgan fingerprint density at radius 3 is 1.80 bits per heavy atom. The third-order valence-corrected chi connectivity index (χ3v) is 9.16. The van der Waals surface area contributed by atoms with Crippen LogP contribution in [0.1, 0.15) is 17.3 Å². The van der Waals surface area contributed by atoms with Crippen molar-refractivity contribution < 1.29 is 33.7 Å². The molecule has 1 N–H and O–H groups in total. The average molecular weight is 726 g/mol.